The molecule has 2 aromatic carbocycles. The Morgan fingerprint density at radius 2 is 1.97 bits per heavy atom. The van der Waals surface area contributed by atoms with Crippen molar-refractivity contribution in [3.63, 3.8) is 0 Å². The van der Waals surface area contributed by atoms with E-state index in [1.807, 2.05) is 0 Å². The average molecular weight is 450 g/mol. The largest absolute Gasteiger partial charge is 0.503 e. The number of rotatable bonds is 5. The van der Waals surface area contributed by atoms with Gasteiger partial charge in [0.25, 0.3) is 0 Å². The first-order chi connectivity index (χ1) is 15.5. The standard InChI is InChI=1S/C23H15FN2O5S/c1-30-15-6-3-2-5-13(15)19-18(20(27)16-7-4-10-31-16)21(28)22(29)26(19)23-25-14-9-8-12(24)11-17(14)32-23/h2-11,28-29H,1H3. The number of hydrogen-bond acceptors (Lipinski definition) is 7. The number of halogens is 1. The summed E-state index contributed by atoms with van der Waals surface area (Å²) in [5, 5.41) is 21.9. The third-order valence-electron chi connectivity index (χ3n) is 4.99. The lowest BCUT2D eigenvalue weighted by atomic mass is 10.0. The van der Waals surface area contributed by atoms with Gasteiger partial charge in [-0.15, -0.1) is 0 Å². The molecule has 0 fully saturated rings. The summed E-state index contributed by atoms with van der Waals surface area (Å²) in [5.74, 6) is -1.87. The highest BCUT2D eigenvalue weighted by Crippen LogP contribution is 2.47. The lowest BCUT2D eigenvalue weighted by Gasteiger charge is -2.12. The van der Waals surface area contributed by atoms with Crippen LogP contribution in [-0.4, -0.2) is 32.7 Å². The van der Waals surface area contributed by atoms with Crippen molar-refractivity contribution >= 4 is 27.3 Å². The quantitative estimate of drug-likeness (QED) is 0.360. The lowest BCUT2D eigenvalue weighted by Crippen LogP contribution is -2.04. The van der Waals surface area contributed by atoms with Gasteiger partial charge in [0.2, 0.25) is 11.7 Å². The van der Waals surface area contributed by atoms with E-state index in [1.54, 1.807) is 30.3 Å². The van der Waals surface area contributed by atoms with Gasteiger partial charge in [-0.2, -0.15) is 0 Å². The predicted octanol–water partition coefficient (Wildman–Crippen LogP) is 5.14. The fraction of sp³-hybridized carbons (Fsp3) is 0.0435. The predicted molar refractivity (Wildman–Crippen MR) is 116 cm³/mol. The number of carbonyl (C=O) groups is 1. The van der Waals surface area contributed by atoms with Gasteiger partial charge < -0.3 is 19.4 Å². The molecule has 0 aliphatic heterocycles. The summed E-state index contributed by atoms with van der Waals surface area (Å²) in [6.45, 7) is 0. The van der Waals surface area contributed by atoms with Gasteiger partial charge in [0.15, 0.2) is 16.6 Å². The van der Waals surface area contributed by atoms with Gasteiger partial charge in [-0.1, -0.05) is 23.5 Å². The van der Waals surface area contributed by atoms with Crippen molar-refractivity contribution in [3.8, 4) is 33.8 Å². The third-order valence-corrected chi connectivity index (χ3v) is 5.99. The lowest BCUT2D eigenvalue weighted by molar-refractivity contribution is 0.101. The van der Waals surface area contributed by atoms with Crippen molar-refractivity contribution in [1.82, 2.24) is 9.55 Å². The maximum absolute atomic E-state index is 13.7. The fourth-order valence-electron chi connectivity index (χ4n) is 3.56. The normalized spacial score (nSPS) is 11.2. The molecule has 160 valence electrons. The molecule has 5 rings (SSSR count). The second kappa shape index (κ2) is 7.54. The second-order valence-corrected chi connectivity index (χ2v) is 7.86. The molecule has 0 spiro atoms. The molecule has 0 unspecified atom stereocenters. The number of fused-ring (bicyclic) bond motifs is 1. The van der Waals surface area contributed by atoms with Crippen LogP contribution < -0.4 is 4.74 Å². The van der Waals surface area contributed by atoms with Gasteiger partial charge in [-0.05, 0) is 42.5 Å². The number of nitrogens with zero attached hydrogens (tertiary/aromatic N) is 2. The first-order valence-electron chi connectivity index (χ1n) is 9.44. The number of methoxy groups -OCH3 is 1. The number of carbonyl (C=O) groups excluding carboxylic acids is 1. The summed E-state index contributed by atoms with van der Waals surface area (Å²) in [5.41, 5.74) is 0.931. The number of thiazole rings is 1. The molecule has 0 aliphatic rings. The molecule has 3 heterocycles. The number of aromatic nitrogens is 2. The van der Waals surface area contributed by atoms with Crippen LogP contribution >= 0.6 is 11.3 Å². The van der Waals surface area contributed by atoms with Crippen LogP contribution in [0.2, 0.25) is 0 Å². The van der Waals surface area contributed by atoms with Gasteiger partial charge in [-0.25, -0.2) is 9.37 Å². The minimum Gasteiger partial charge on any atom is -0.503 e. The number of ether oxygens (including phenoxy) is 1. The zero-order chi connectivity index (χ0) is 22.4. The Hall–Kier alpha value is -4.11. The summed E-state index contributed by atoms with van der Waals surface area (Å²) < 4.78 is 26.2. The fourth-order valence-corrected chi connectivity index (χ4v) is 4.56. The SMILES string of the molecule is COc1ccccc1-c1c(C(=O)c2ccco2)c(O)c(O)n1-c1nc2ccc(F)cc2s1. The van der Waals surface area contributed by atoms with Crippen LogP contribution in [0.4, 0.5) is 4.39 Å². The smallest absolute Gasteiger partial charge is 0.242 e. The molecule has 2 N–H and O–H groups in total. The van der Waals surface area contributed by atoms with E-state index in [2.05, 4.69) is 4.98 Å². The minimum absolute atomic E-state index is 0.0139. The van der Waals surface area contributed by atoms with Crippen molar-refractivity contribution in [2.24, 2.45) is 0 Å². The van der Waals surface area contributed by atoms with Crippen molar-refractivity contribution in [1.29, 1.82) is 0 Å². The minimum atomic E-state index is -0.630. The molecule has 0 saturated carbocycles. The molecule has 7 nitrogen and oxygen atoms in total. The van der Waals surface area contributed by atoms with Gasteiger partial charge >= 0.3 is 0 Å². The van der Waals surface area contributed by atoms with Crippen molar-refractivity contribution in [3.05, 3.63) is 78.0 Å². The van der Waals surface area contributed by atoms with E-state index in [9.17, 15) is 19.4 Å². The van der Waals surface area contributed by atoms with Crippen LogP contribution in [0.15, 0.2) is 65.3 Å². The van der Waals surface area contributed by atoms with Crippen LogP contribution in [0.25, 0.3) is 26.6 Å². The molecular formula is C23H15FN2O5S. The van der Waals surface area contributed by atoms with Crippen molar-refractivity contribution in [2.45, 2.75) is 0 Å². The summed E-state index contributed by atoms with van der Waals surface area (Å²) >= 11 is 1.10. The monoisotopic (exact) mass is 450 g/mol. The first-order valence-corrected chi connectivity index (χ1v) is 10.3. The maximum atomic E-state index is 13.7. The third kappa shape index (κ3) is 3.02. The summed E-state index contributed by atoms with van der Waals surface area (Å²) in [6, 6.07) is 14.0. The Morgan fingerprint density at radius 3 is 2.72 bits per heavy atom. The van der Waals surface area contributed by atoms with E-state index in [0.717, 1.165) is 11.3 Å². The molecule has 32 heavy (non-hydrogen) atoms. The number of aromatic hydroxyl groups is 2. The molecule has 0 amide bonds. The maximum Gasteiger partial charge on any atom is 0.242 e. The van der Waals surface area contributed by atoms with Crippen LogP contribution in [0.1, 0.15) is 16.1 Å². The Bertz CT molecular complexity index is 1470. The van der Waals surface area contributed by atoms with E-state index in [4.69, 9.17) is 9.15 Å². The Balaban J connectivity index is 1.85. The van der Waals surface area contributed by atoms with E-state index in [1.165, 1.54) is 42.2 Å². The Kier molecular flexibility index (Phi) is 4.67. The zero-order valence-corrected chi connectivity index (χ0v) is 17.4. The molecule has 0 atom stereocenters. The highest BCUT2D eigenvalue weighted by Gasteiger charge is 2.33. The zero-order valence-electron chi connectivity index (χ0n) is 16.6. The highest BCUT2D eigenvalue weighted by atomic mass is 32.1. The molecule has 0 aliphatic carbocycles. The number of para-hydroxylation sites is 1. The van der Waals surface area contributed by atoms with Gasteiger partial charge in [-0.3, -0.25) is 9.36 Å². The van der Waals surface area contributed by atoms with Crippen LogP contribution in [0.5, 0.6) is 17.4 Å². The molecule has 0 radical (unpaired) electrons. The summed E-state index contributed by atoms with van der Waals surface area (Å²) in [4.78, 5) is 17.7. The number of hydrogen-bond donors (Lipinski definition) is 2. The van der Waals surface area contributed by atoms with Gasteiger partial charge in [0.1, 0.15) is 11.6 Å². The summed E-state index contributed by atoms with van der Waals surface area (Å²) in [7, 11) is 1.47. The molecule has 5 aromatic rings. The topological polar surface area (TPSA) is 97.7 Å². The Morgan fingerprint density at radius 1 is 1.16 bits per heavy atom. The van der Waals surface area contributed by atoms with Crippen molar-refractivity contribution < 1.29 is 28.6 Å². The van der Waals surface area contributed by atoms with E-state index in [-0.39, 0.29) is 22.1 Å². The first kappa shape index (κ1) is 19.8. The van der Waals surface area contributed by atoms with E-state index < -0.39 is 23.2 Å². The van der Waals surface area contributed by atoms with E-state index in [0.29, 0.717) is 21.5 Å². The van der Waals surface area contributed by atoms with Gasteiger partial charge in [0, 0.05) is 5.56 Å². The number of benzene rings is 2. The molecule has 0 saturated heterocycles. The second-order valence-electron chi connectivity index (χ2n) is 6.85. The molecular weight excluding hydrogens is 435 g/mol. The number of furan rings is 1. The average Bonchev–Trinajstić information content (AvgIpc) is 3.52. The molecule has 0 bridgehead atoms. The highest BCUT2D eigenvalue weighted by molar-refractivity contribution is 7.20. The summed E-state index contributed by atoms with van der Waals surface area (Å²) in [6.07, 6.45) is 1.34. The van der Waals surface area contributed by atoms with Gasteiger partial charge in [0.05, 0.1) is 34.8 Å². The van der Waals surface area contributed by atoms with E-state index >= 15 is 0 Å². The molecule has 9 heteroatoms. The van der Waals surface area contributed by atoms with Crippen LogP contribution in [-0.2, 0) is 0 Å². The van der Waals surface area contributed by atoms with Crippen LogP contribution in [0.3, 0.4) is 0 Å². The number of ketones is 1. The Labute approximate surface area is 184 Å². The van der Waals surface area contributed by atoms with Crippen molar-refractivity contribution in [2.75, 3.05) is 7.11 Å². The molecule has 3 aromatic heterocycles. The van der Waals surface area contributed by atoms with Crippen LogP contribution in [0, 0.1) is 5.82 Å².